The van der Waals surface area contributed by atoms with Crippen molar-refractivity contribution in [1.29, 1.82) is 0 Å². The van der Waals surface area contributed by atoms with Crippen molar-refractivity contribution in [1.82, 2.24) is 0 Å². The van der Waals surface area contributed by atoms with E-state index in [0.717, 1.165) is 15.6 Å². The molecule has 18 heavy (non-hydrogen) atoms. The number of nitrogen functional groups attached to an aromatic ring is 1. The number of anilines is 1. The van der Waals surface area contributed by atoms with Gasteiger partial charge in [0.25, 0.3) is 0 Å². The van der Waals surface area contributed by atoms with Gasteiger partial charge in [0, 0.05) is 21.3 Å². The van der Waals surface area contributed by atoms with Gasteiger partial charge in [0.1, 0.15) is 12.4 Å². The average molecular weight is 308 g/mol. The smallest absolute Gasteiger partial charge is 0.125 e. The number of halogens is 1. The van der Waals surface area contributed by atoms with Crippen LogP contribution in [0.4, 0.5) is 5.69 Å². The summed E-state index contributed by atoms with van der Waals surface area (Å²) in [5.74, 6) is 0.698. The molecule has 3 N–H and O–H groups in total. The van der Waals surface area contributed by atoms with E-state index in [2.05, 4.69) is 15.9 Å². The van der Waals surface area contributed by atoms with Crippen molar-refractivity contribution in [2.75, 3.05) is 5.73 Å². The zero-order valence-corrected chi connectivity index (χ0v) is 11.4. The number of ether oxygens (including phenoxy) is 1. The minimum atomic E-state index is -0.0287. The van der Waals surface area contributed by atoms with Crippen molar-refractivity contribution in [3.63, 3.8) is 0 Å². The van der Waals surface area contributed by atoms with E-state index in [1.165, 1.54) is 0 Å². The number of hydrogen-bond acceptors (Lipinski definition) is 3. The lowest BCUT2D eigenvalue weighted by atomic mass is 10.2. The molecule has 0 saturated carbocycles. The van der Waals surface area contributed by atoms with Crippen molar-refractivity contribution in [3.05, 3.63) is 58.1 Å². The lowest BCUT2D eigenvalue weighted by Gasteiger charge is -2.11. The quantitative estimate of drug-likeness (QED) is 0.853. The predicted octanol–water partition coefficient (Wildman–Crippen LogP) is 3.10. The third-order valence-electron chi connectivity index (χ3n) is 2.60. The zero-order valence-electron chi connectivity index (χ0n) is 9.77. The molecule has 2 aromatic carbocycles. The molecular weight excluding hydrogens is 294 g/mol. The molecular formula is C14H14BrNO2. The van der Waals surface area contributed by atoms with Crippen LogP contribution in [-0.4, -0.2) is 5.11 Å². The van der Waals surface area contributed by atoms with Gasteiger partial charge >= 0.3 is 0 Å². The summed E-state index contributed by atoms with van der Waals surface area (Å²) in [6.07, 6.45) is 0. The van der Waals surface area contributed by atoms with E-state index < -0.39 is 0 Å². The highest BCUT2D eigenvalue weighted by Crippen LogP contribution is 2.23. The van der Waals surface area contributed by atoms with Crippen LogP contribution < -0.4 is 10.5 Å². The van der Waals surface area contributed by atoms with Gasteiger partial charge in [-0.15, -0.1) is 0 Å². The molecule has 0 heterocycles. The molecule has 0 atom stereocenters. The van der Waals surface area contributed by atoms with E-state index in [-0.39, 0.29) is 6.61 Å². The molecule has 0 aromatic heterocycles. The number of benzene rings is 2. The van der Waals surface area contributed by atoms with E-state index in [4.69, 9.17) is 10.5 Å². The molecule has 0 unspecified atom stereocenters. The minimum Gasteiger partial charge on any atom is -0.488 e. The second-order valence-corrected chi connectivity index (χ2v) is 4.76. The molecule has 0 aliphatic rings. The van der Waals surface area contributed by atoms with Crippen molar-refractivity contribution < 1.29 is 9.84 Å². The molecule has 4 heteroatoms. The topological polar surface area (TPSA) is 55.5 Å². The Hall–Kier alpha value is -1.52. The standard InChI is InChI=1S/C14H14BrNO2/c15-13-7-12(16)6-5-11(13)9-18-14-4-2-1-3-10(14)8-17/h1-7,17H,8-9,16H2. The van der Waals surface area contributed by atoms with Crippen LogP contribution in [0.25, 0.3) is 0 Å². The number of nitrogens with two attached hydrogens (primary N) is 1. The number of rotatable bonds is 4. The fourth-order valence-corrected chi connectivity index (χ4v) is 2.12. The molecule has 3 nitrogen and oxygen atoms in total. The molecule has 2 rings (SSSR count). The summed E-state index contributed by atoms with van der Waals surface area (Å²) in [7, 11) is 0. The van der Waals surface area contributed by atoms with Crippen LogP contribution in [0.3, 0.4) is 0 Å². The van der Waals surface area contributed by atoms with E-state index in [9.17, 15) is 5.11 Å². The van der Waals surface area contributed by atoms with Crippen LogP contribution in [-0.2, 0) is 13.2 Å². The lowest BCUT2D eigenvalue weighted by Crippen LogP contribution is -2.00. The number of aliphatic hydroxyl groups excluding tert-OH is 1. The third-order valence-corrected chi connectivity index (χ3v) is 3.34. The van der Waals surface area contributed by atoms with Crippen molar-refractivity contribution >= 4 is 21.6 Å². The third kappa shape index (κ3) is 3.03. The minimum absolute atomic E-state index is 0.0287. The average Bonchev–Trinajstić information content (AvgIpc) is 2.38. The van der Waals surface area contributed by atoms with Gasteiger partial charge in [-0.2, -0.15) is 0 Å². The first-order valence-electron chi connectivity index (χ1n) is 5.56. The Kier molecular flexibility index (Phi) is 4.23. The summed E-state index contributed by atoms with van der Waals surface area (Å²) in [5.41, 5.74) is 8.18. The highest BCUT2D eigenvalue weighted by atomic mass is 79.9. The van der Waals surface area contributed by atoms with Crippen LogP contribution in [0.1, 0.15) is 11.1 Å². The summed E-state index contributed by atoms with van der Waals surface area (Å²) >= 11 is 3.45. The maximum atomic E-state index is 9.20. The van der Waals surface area contributed by atoms with Gasteiger partial charge in [0.2, 0.25) is 0 Å². The molecule has 94 valence electrons. The van der Waals surface area contributed by atoms with Gasteiger partial charge < -0.3 is 15.6 Å². The molecule has 0 amide bonds. The molecule has 0 aliphatic carbocycles. The van der Waals surface area contributed by atoms with Gasteiger partial charge in [0.15, 0.2) is 0 Å². The van der Waals surface area contributed by atoms with Crippen molar-refractivity contribution in [2.45, 2.75) is 13.2 Å². The van der Waals surface area contributed by atoms with Crippen LogP contribution in [0.5, 0.6) is 5.75 Å². The Morgan fingerprint density at radius 3 is 2.61 bits per heavy atom. The van der Waals surface area contributed by atoms with E-state index in [1.54, 1.807) is 0 Å². The second kappa shape index (κ2) is 5.89. The molecule has 0 spiro atoms. The Morgan fingerprint density at radius 2 is 1.89 bits per heavy atom. The van der Waals surface area contributed by atoms with Crippen molar-refractivity contribution in [2.24, 2.45) is 0 Å². The van der Waals surface area contributed by atoms with Gasteiger partial charge in [-0.25, -0.2) is 0 Å². The van der Waals surface area contributed by atoms with Gasteiger partial charge in [-0.05, 0) is 18.2 Å². The molecule has 0 bridgehead atoms. The highest BCUT2D eigenvalue weighted by molar-refractivity contribution is 9.10. The van der Waals surface area contributed by atoms with Crippen molar-refractivity contribution in [3.8, 4) is 5.75 Å². The predicted molar refractivity (Wildman–Crippen MR) is 75.3 cm³/mol. The highest BCUT2D eigenvalue weighted by Gasteiger charge is 2.04. The summed E-state index contributed by atoms with van der Waals surface area (Å²) < 4.78 is 6.62. The zero-order chi connectivity index (χ0) is 13.0. The number of hydrogen-bond donors (Lipinski definition) is 2. The Labute approximate surface area is 114 Å². The first-order chi connectivity index (χ1) is 8.70. The first kappa shape index (κ1) is 12.9. The summed E-state index contributed by atoms with van der Waals surface area (Å²) in [5, 5.41) is 9.20. The number of aliphatic hydroxyl groups is 1. The molecule has 0 saturated heterocycles. The Morgan fingerprint density at radius 1 is 1.11 bits per heavy atom. The Bertz CT molecular complexity index is 543. The maximum Gasteiger partial charge on any atom is 0.125 e. The molecule has 0 aliphatic heterocycles. The van der Waals surface area contributed by atoms with Crippen LogP contribution in [0.2, 0.25) is 0 Å². The molecule has 2 aromatic rings. The Balaban J connectivity index is 2.11. The maximum absolute atomic E-state index is 9.20. The van der Waals surface area contributed by atoms with Gasteiger partial charge in [-0.3, -0.25) is 0 Å². The fourth-order valence-electron chi connectivity index (χ4n) is 1.61. The van der Waals surface area contributed by atoms with E-state index >= 15 is 0 Å². The fraction of sp³-hybridized carbons (Fsp3) is 0.143. The van der Waals surface area contributed by atoms with Crippen LogP contribution in [0, 0.1) is 0 Å². The lowest BCUT2D eigenvalue weighted by molar-refractivity contribution is 0.259. The largest absolute Gasteiger partial charge is 0.488 e. The first-order valence-corrected chi connectivity index (χ1v) is 6.35. The molecule has 0 radical (unpaired) electrons. The normalized spacial score (nSPS) is 10.3. The monoisotopic (exact) mass is 307 g/mol. The molecule has 0 fully saturated rings. The SMILES string of the molecule is Nc1ccc(COc2ccccc2CO)c(Br)c1. The van der Waals surface area contributed by atoms with Crippen LogP contribution in [0.15, 0.2) is 46.9 Å². The van der Waals surface area contributed by atoms with Gasteiger partial charge in [0.05, 0.1) is 6.61 Å². The second-order valence-electron chi connectivity index (χ2n) is 3.91. The van der Waals surface area contributed by atoms with E-state index in [0.29, 0.717) is 18.0 Å². The summed E-state index contributed by atoms with van der Waals surface area (Å²) in [6, 6.07) is 13.0. The van der Waals surface area contributed by atoms with Gasteiger partial charge in [-0.1, -0.05) is 40.2 Å². The summed E-state index contributed by atoms with van der Waals surface area (Å²) in [6.45, 7) is 0.400. The number of para-hydroxylation sites is 1. The van der Waals surface area contributed by atoms with Crippen LogP contribution >= 0.6 is 15.9 Å². The summed E-state index contributed by atoms with van der Waals surface area (Å²) in [4.78, 5) is 0. The van der Waals surface area contributed by atoms with E-state index in [1.807, 2.05) is 42.5 Å².